The second-order valence-corrected chi connectivity index (χ2v) is 9.29. The van der Waals surface area contributed by atoms with Gasteiger partial charge in [-0.05, 0) is 54.3 Å². The Hall–Kier alpha value is -4.28. The van der Waals surface area contributed by atoms with Gasteiger partial charge in [0.05, 0.1) is 31.3 Å². The molecule has 5 rings (SSSR count). The summed E-state index contributed by atoms with van der Waals surface area (Å²) in [7, 11) is 0. The Balaban J connectivity index is 1.21. The molecule has 0 atom stereocenters. The summed E-state index contributed by atoms with van der Waals surface area (Å²) in [6.07, 6.45) is 15.0. The van der Waals surface area contributed by atoms with Crippen LogP contribution in [0.1, 0.15) is 28.9 Å². The van der Waals surface area contributed by atoms with Gasteiger partial charge in [0, 0.05) is 23.8 Å². The van der Waals surface area contributed by atoms with E-state index >= 15 is 0 Å². The summed E-state index contributed by atoms with van der Waals surface area (Å²) in [4.78, 5) is 26.7. The molecule has 11 heteroatoms. The molecule has 9 nitrogen and oxygen atoms in total. The van der Waals surface area contributed by atoms with Gasteiger partial charge in [-0.25, -0.2) is 14.4 Å². The van der Waals surface area contributed by atoms with Gasteiger partial charge in [-0.3, -0.25) is 15.6 Å². The largest absolute Gasteiger partial charge is 0.378 e. The molecule has 1 saturated heterocycles. The second kappa shape index (κ2) is 12.5. The van der Waals surface area contributed by atoms with Crippen molar-refractivity contribution in [1.82, 2.24) is 20.4 Å². The molecule has 39 heavy (non-hydrogen) atoms. The molecule has 3 aromatic rings. The molecule has 1 amide bonds. The van der Waals surface area contributed by atoms with Crippen LogP contribution >= 0.6 is 11.6 Å². The standard InChI is InChI=1S/C28H27ClFN7O2/c29-21-14-20(19-6-4-2-1-3-5-7-19)15-23(16-21)33-22-8-9-25(31-17-22)27(38)35-36-28-32-18-24(30)26(34-28)37-10-12-39-13-11-37/h1-2,4,6-9,14-18,33H,3,5,10-13H2,(H,35,38)(H,32,34,36)/b2-1-,6-4-,19-7+. The van der Waals surface area contributed by atoms with E-state index in [-0.39, 0.29) is 17.5 Å². The molecule has 200 valence electrons. The number of hydrazine groups is 1. The molecule has 2 aromatic heterocycles. The van der Waals surface area contributed by atoms with Crippen molar-refractivity contribution in [2.45, 2.75) is 12.8 Å². The monoisotopic (exact) mass is 547 g/mol. The van der Waals surface area contributed by atoms with Crippen molar-refractivity contribution in [1.29, 1.82) is 0 Å². The van der Waals surface area contributed by atoms with Crippen LogP contribution in [0.25, 0.3) is 5.57 Å². The molecule has 1 aromatic carbocycles. The van der Waals surface area contributed by atoms with Gasteiger partial charge < -0.3 is 15.0 Å². The number of nitrogens with zero attached hydrogens (tertiary/aromatic N) is 4. The highest BCUT2D eigenvalue weighted by molar-refractivity contribution is 6.31. The Morgan fingerprint density at radius 2 is 1.90 bits per heavy atom. The van der Waals surface area contributed by atoms with E-state index in [1.54, 1.807) is 23.2 Å². The van der Waals surface area contributed by atoms with Crippen molar-refractivity contribution in [3.63, 3.8) is 0 Å². The van der Waals surface area contributed by atoms with Crippen LogP contribution in [0.2, 0.25) is 5.02 Å². The van der Waals surface area contributed by atoms with Gasteiger partial charge in [0.1, 0.15) is 5.69 Å². The number of nitrogens with one attached hydrogen (secondary N) is 3. The van der Waals surface area contributed by atoms with Crippen LogP contribution in [0.5, 0.6) is 0 Å². The van der Waals surface area contributed by atoms with E-state index in [9.17, 15) is 9.18 Å². The van der Waals surface area contributed by atoms with Gasteiger partial charge >= 0.3 is 0 Å². The third kappa shape index (κ3) is 6.98. The number of ether oxygens (including phenoxy) is 1. The molecule has 0 unspecified atom stereocenters. The highest BCUT2D eigenvalue weighted by Gasteiger charge is 2.18. The van der Waals surface area contributed by atoms with Crippen LogP contribution in [0.15, 0.2) is 73.1 Å². The molecule has 3 N–H and O–H groups in total. The molecule has 1 aliphatic heterocycles. The van der Waals surface area contributed by atoms with E-state index in [0.717, 1.165) is 35.9 Å². The van der Waals surface area contributed by atoms with Crippen molar-refractivity contribution in [3.05, 3.63) is 95.2 Å². The first-order valence-electron chi connectivity index (χ1n) is 12.5. The minimum Gasteiger partial charge on any atom is -0.378 e. The quantitative estimate of drug-likeness (QED) is 0.343. The number of morpholine rings is 1. The fourth-order valence-corrected chi connectivity index (χ4v) is 4.38. The lowest BCUT2D eigenvalue weighted by Gasteiger charge is -2.28. The zero-order chi connectivity index (χ0) is 27.0. The van der Waals surface area contributed by atoms with E-state index in [4.69, 9.17) is 16.3 Å². The number of rotatable bonds is 7. The zero-order valence-corrected chi connectivity index (χ0v) is 21.8. The topological polar surface area (TPSA) is 104 Å². The predicted octanol–water partition coefficient (Wildman–Crippen LogP) is 5.29. The number of pyridine rings is 1. The highest BCUT2D eigenvalue weighted by Crippen LogP contribution is 2.28. The number of aromatic nitrogens is 3. The molecule has 0 radical (unpaired) electrons. The number of carbonyl (C=O) groups excluding carboxylic acids is 1. The first kappa shape index (κ1) is 26.3. The van der Waals surface area contributed by atoms with Crippen molar-refractivity contribution >= 4 is 46.2 Å². The number of anilines is 4. The van der Waals surface area contributed by atoms with E-state index < -0.39 is 11.7 Å². The average molecular weight is 548 g/mol. The maximum Gasteiger partial charge on any atom is 0.288 e. The van der Waals surface area contributed by atoms with E-state index in [1.165, 1.54) is 0 Å². The van der Waals surface area contributed by atoms with E-state index in [2.05, 4.69) is 49.3 Å². The van der Waals surface area contributed by atoms with Crippen LogP contribution in [0, 0.1) is 5.82 Å². The summed E-state index contributed by atoms with van der Waals surface area (Å²) in [5, 5.41) is 3.90. The Bertz CT molecular complexity index is 1420. The lowest BCUT2D eigenvalue weighted by molar-refractivity contribution is 0.0957. The summed E-state index contributed by atoms with van der Waals surface area (Å²) in [5.41, 5.74) is 8.89. The van der Waals surface area contributed by atoms with Gasteiger partial charge in [0.2, 0.25) is 5.95 Å². The van der Waals surface area contributed by atoms with Crippen molar-refractivity contribution < 1.29 is 13.9 Å². The van der Waals surface area contributed by atoms with Crippen molar-refractivity contribution in [2.24, 2.45) is 0 Å². The van der Waals surface area contributed by atoms with Crippen LogP contribution in [0.3, 0.4) is 0 Å². The number of hydrogen-bond donors (Lipinski definition) is 3. The van der Waals surface area contributed by atoms with E-state index in [1.807, 2.05) is 30.4 Å². The molecule has 0 spiro atoms. The predicted molar refractivity (Wildman–Crippen MR) is 151 cm³/mol. The smallest absolute Gasteiger partial charge is 0.288 e. The minimum atomic E-state index is -0.541. The maximum atomic E-state index is 14.2. The van der Waals surface area contributed by atoms with Crippen LogP contribution < -0.4 is 21.1 Å². The molecule has 3 heterocycles. The zero-order valence-electron chi connectivity index (χ0n) is 21.0. The first-order chi connectivity index (χ1) is 19.0. The number of halogens is 2. The normalized spacial score (nSPS) is 18.2. The summed E-state index contributed by atoms with van der Waals surface area (Å²) in [5.74, 6) is -0.821. The molecular weight excluding hydrogens is 521 g/mol. The summed E-state index contributed by atoms with van der Waals surface area (Å²) in [6, 6.07) is 9.11. The Morgan fingerprint density at radius 1 is 1.03 bits per heavy atom. The summed E-state index contributed by atoms with van der Waals surface area (Å²) < 4.78 is 19.5. The number of hydrogen-bond acceptors (Lipinski definition) is 8. The highest BCUT2D eigenvalue weighted by atomic mass is 35.5. The lowest BCUT2D eigenvalue weighted by Crippen LogP contribution is -2.38. The van der Waals surface area contributed by atoms with Crippen molar-refractivity contribution in [2.75, 3.05) is 41.9 Å². The van der Waals surface area contributed by atoms with Gasteiger partial charge in [-0.2, -0.15) is 4.98 Å². The first-order valence-corrected chi connectivity index (χ1v) is 12.9. The second-order valence-electron chi connectivity index (χ2n) is 8.85. The summed E-state index contributed by atoms with van der Waals surface area (Å²) >= 11 is 6.40. The molecule has 2 aliphatic rings. The fraction of sp³-hybridized carbons (Fsp3) is 0.214. The minimum absolute atomic E-state index is 0.0616. The number of benzene rings is 1. The summed E-state index contributed by atoms with van der Waals surface area (Å²) in [6.45, 7) is 2.02. The van der Waals surface area contributed by atoms with Gasteiger partial charge in [0.25, 0.3) is 5.91 Å². The molecule has 1 fully saturated rings. The molecule has 1 aliphatic carbocycles. The molecular formula is C28H27ClFN7O2. The number of amides is 1. The lowest BCUT2D eigenvalue weighted by atomic mass is 10.0. The Kier molecular flexibility index (Phi) is 8.45. The van der Waals surface area contributed by atoms with Gasteiger partial charge in [-0.15, -0.1) is 0 Å². The maximum absolute atomic E-state index is 14.2. The molecule has 0 bridgehead atoms. The van der Waals surface area contributed by atoms with Crippen LogP contribution in [0.4, 0.5) is 27.5 Å². The van der Waals surface area contributed by atoms with E-state index in [0.29, 0.717) is 37.0 Å². The number of allylic oxidation sites excluding steroid dienone is 6. The van der Waals surface area contributed by atoms with Crippen LogP contribution in [-0.2, 0) is 4.74 Å². The third-order valence-corrected chi connectivity index (χ3v) is 6.28. The number of carbonyl (C=O) groups is 1. The Labute approximate surface area is 230 Å². The third-order valence-electron chi connectivity index (χ3n) is 6.06. The Morgan fingerprint density at radius 3 is 2.72 bits per heavy atom. The van der Waals surface area contributed by atoms with Gasteiger partial charge in [0.15, 0.2) is 11.6 Å². The average Bonchev–Trinajstić information content (AvgIpc) is 2.93. The van der Waals surface area contributed by atoms with Gasteiger partial charge in [-0.1, -0.05) is 42.0 Å². The SMILES string of the molecule is O=C(NNc1ncc(F)c(N2CCOCC2)n1)c1ccc(Nc2cc(Cl)cc(C3=C/CC\C=C/C=C\3)c2)cn1. The van der Waals surface area contributed by atoms with Crippen molar-refractivity contribution in [3.8, 4) is 0 Å². The van der Waals surface area contributed by atoms with Crippen LogP contribution in [-0.4, -0.2) is 47.2 Å². The fourth-order valence-electron chi connectivity index (χ4n) is 4.14. The molecule has 0 saturated carbocycles.